The quantitative estimate of drug-likeness (QED) is 0.163. The van der Waals surface area contributed by atoms with E-state index in [9.17, 15) is 20.1 Å². The number of Topliss-reactive ketones (excluding diaryl/α,β-unsaturated/α-hetero) is 1. The minimum atomic E-state index is -1.68. The zero-order valence-corrected chi connectivity index (χ0v) is 19.7. The molecule has 2 aliphatic heterocycles. The first kappa shape index (κ1) is 22.1. The van der Waals surface area contributed by atoms with Crippen LogP contribution < -0.4 is 5.84 Å². The molecule has 1 unspecified atom stereocenters. The molecule has 0 aromatic heterocycles. The van der Waals surface area contributed by atoms with Crippen LogP contribution >= 0.6 is 0 Å². The third-order valence-electron chi connectivity index (χ3n) is 10.4. The number of allylic oxidation sites excluding steroid dienone is 1. The number of nitrogens with two attached hydrogens (primary N) is 1. The van der Waals surface area contributed by atoms with Gasteiger partial charge in [0.15, 0.2) is 11.6 Å². The largest absolute Gasteiger partial charge is 0.390 e. The Labute approximate surface area is 193 Å². The molecule has 2 saturated heterocycles. The predicted octanol–water partition coefficient (Wildman–Crippen LogP) is 1.32. The number of hydrogen-bond donors (Lipinski definition) is 4. The van der Waals surface area contributed by atoms with E-state index in [0.29, 0.717) is 12.8 Å². The fourth-order valence-electron chi connectivity index (χ4n) is 9.83. The molecule has 182 valence electrons. The molecule has 2 spiro atoms. The van der Waals surface area contributed by atoms with Gasteiger partial charge in [-0.1, -0.05) is 31.2 Å². The topological polar surface area (TPSA) is 147 Å². The van der Waals surface area contributed by atoms with Gasteiger partial charge in [-0.05, 0) is 56.3 Å². The molecule has 9 nitrogen and oxygen atoms in total. The fourth-order valence-corrected chi connectivity index (χ4v) is 9.83. The van der Waals surface area contributed by atoms with Crippen LogP contribution in [0.1, 0.15) is 47.0 Å². The summed E-state index contributed by atoms with van der Waals surface area (Å²) in [4.78, 5) is 14.0. The maximum atomic E-state index is 14.0. The van der Waals surface area contributed by atoms with E-state index < -0.39 is 52.0 Å². The van der Waals surface area contributed by atoms with Crippen LogP contribution in [0.15, 0.2) is 22.5 Å². The Morgan fingerprint density at radius 2 is 1.94 bits per heavy atom. The van der Waals surface area contributed by atoms with E-state index in [1.165, 1.54) is 13.8 Å². The monoisotopic (exact) mass is 461 g/mol. The van der Waals surface area contributed by atoms with Gasteiger partial charge in [-0.25, -0.2) is 0 Å². The van der Waals surface area contributed by atoms with E-state index in [-0.39, 0.29) is 36.1 Å². The summed E-state index contributed by atoms with van der Waals surface area (Å²) in [5.74, 6) is 1.16. The summed E-state index contributed by atoms with van der Waals surface area (Å²) in [7, 11) is 0. The van der Waals surface area contributed by atoms with E-state index in [2.05, 4.69) is 16.9 Å². The van der Waals surface area contributed by atoms with Gasteiger partial charge < -0.3 is 30.6 Å². The van der Waals surface area contributed by atoms with Crippen molar-refractivity contribution in [2.24, 2.45) is 62.0 Å². The van der Waals surface area contributed by atoms with Crippen molar-refractivity contribution in [3.8, 4) is 0 Å². The molecule has 2 bridgehead atoms. The number of aliphatic hydroxyl groups is 3. The van der Waals surface area contributed by atoms with Gasteiger partial charge in [0, 0.05) is 17.3 Å². The summed E-state index contributed by atoms with van der Waals surface area (Å²) in [6.07, 6.45) is -0.171. The zero-order chi connectivity index (χ0) is 23.9. The zero-order valence-electron chi connectivity index (χ0n) is 19.7. The van der Waals surface area contributed by atoms with E-state index in [0.717, 1.165) is 12.0 Å². The maximum absolute atomic E-state index is 14.0. The Morgan fingerprint density at radius 3 is 2.58 bits per heavy atom. The second-order valence-electron chi connectivity index (χ2n) is 12.5. The van der Waals surface area contributed by atoms with Gasteiger partial charge in [0.05, 0.1) is 24.2 Å². The van der Waals surface area contributed by atoms with Crippen molar-refractivity contribution in [2.45, 2.75) is 76.8 Å². The van der Waals surface area contributed by atoms with Crippen molar-refractivity contribution in [2.75, 3.05) is 6.61 Å². The molecule has 9 heteroatoms. The van der Waals surface area contributed by atoms with Crippen LogP contribution in [0.3, 0.4) is 0 Å². The summed E-state index contributed by atoms with van der Waals surface area (Å²) >= 11 is 0. The van der Waals surface area contributed by atoms with Crippen LogP contribution in [0.2, 0.25) is 0 Å². The van der Waals surface area contributed by atoms with Gasteiger partial charge in [-0.2, -0.15) is 5.11 Å². The smallest absolute Gasteiger partial charge is 0.211 e. The van der Waals surface area contributed by atoms with Crippen molar-refractivity contribution in [1.29, 1.82) is 0 Å². The average Bonchev–Trinajstić information content (AvgIpc) is 2.69. The molecule has 33 heavy (non-hydrogen) atoms. The first-order valence-corrected chi connectivity index (χ1v) is 12.1. The number of rotatable bonds is 3. The summed E-state index contributed by atoms with van der Waals surface area (Å²) in [6, 6.07) is -0.560. The Hall–Kier alpha value is -1.39. The molecule has 5 N–H and O–H groups in total. The SMILES string of the molecule is C=C1C2C(=O)[C@]34[C@H]2[C@H]1CC[C@H]3[C@@]12CO[C@]4(OC(C)(C)O)[C@@H](O)[C@@H]1C(C)(C)C[C@H](N=NN)[C@H]2O. The standard InChI is InChI=1S/C24H35N3O6/c1-10-11-6-7-13-22-9-32-24(33-21(4,5)31,23(13)15(11)14(10)18(23)29)19(30)16(22)20(2,3)8-12(17(22)28)26-27-25/h11-17,19,28,30-31H,1,6-9H2,2-5H3,(H2,25,26)/t11-,12-,13-,14?,15-,16+,17+,19-,22-,23+,24-/m0/s1. The lowest BCUT2D eigenvalue weighted by molar-refractivity contribution is -0.509. The minimum Gasteiger partial charge on any atom is -0.390 e. The number of carbonyl (C=O) groups is 1. The van der Waals surface area contributed by atoms with Crippen molar-refractivity contribution >= 4 is 5.78 Å². The summed E-state index contributed by atoms with van der Waals surface area (Å²) < 4.78 is 12.7. The molecular weight excluding hydrogens is 426 g/mol. The Balaban J connectivity index is 1.61. The first-order valence-electron chi connectivity index (χ1n) is 12.1. The fraction of sp³-hybridized carbons (Fsp3) is 0.875. The lowest BCUT2D eigenvalue weighted by Gasteiger charge is -2.84. The van der Waals surface area contributed by atoms with Crippen LogP contribution in [0.4, 0.5) is 0 Å². The van der Waals surface area contributed by atoms with Crippen molar-refractivity contribution in [3.05, 3.63) is 12.2 Å². The average molecular weight is 462 g/mol. The maximum Gasteiger partial charge on any atom is 0.211 e. The molecule has 0 aromatic carbocycles. The first-order chi connectivity index (χ1) is 15.3. The number of aliphatic hydroxyl groups excluding tert-OH is 2. The molecule has 7 fully saturated rings. The lowest BCUT2D eigenvalue weighted by atomic mass is 9.23. The van der Waals surface area contributed by atoms with Crippen LogP contribution in [0.25, 0.3) is 0 Å². The van der Waals surface area contributed by atoms with E-state index >= 15 is 0 Å². The normalized spacial score (nSPS) is 56.0. The number of carbonyl (C=O) groups excluding carboxylic acids is 1. The molecule has 7 rings (SSSR count). The highest BCUT2D eigenvalue weighted by Gasteiger charge is 2.92. The van der Waals surface area contributed by atoms with Gasteiger partial charge >= 0.3 is 0 Å². The molecule has 2 heterocycles. The van der Waals surface area contributed by atoms with Crippen molar-refractivity contribution in [3.63, 3.8) is 0 Å². The van der Waals surface area contributed by atoms with Gasteiger partial charge in [0.25, 0.3) is 0 Å². The number of hydrogen-bond acceptors (Lipinski definition) is 8. The Morgan fingerprint density at radius 1 is 1.24 bits per heavy atom. The van der Waals surface area contributed by atoms with Crippen LogP contribution in [-0.2, 0) is 14.3 Å². The number of nitrogens with zero attached hydrogens (tertiary/aromatic N) is 2. The lowest BCUT2D eigenvalue weighted by Crippen LogP contribution is -2.93. The molecule has 0 radical (unpaired) electrons. The molecule has 7 aliphatic rings. The van der Waals surface area contributed by atoms with E-state index in [1.807, 2.05) is 13.8 Å². The summed E-state index contributed by atoms with van der Waals surface area (Å²) in [5, 5.41) is 42.3. The van der Waals surface area contributed by atoms with Crippen LogP contribution in [0.5, 0.6) is 0 Å². The second-order valence-corrected chi connectivity index (χ2v) is 12.5. The molecular formula is C24H35N3O6. The minimum absolute atomic E-state index is 0.0353. The molecule has 0 amide bonds. The third-order valence-corrected chi connectivity index (χ3v) is 10.4. The molecule has 0 aromatic rings. The summed E-state index contributed by atoms with van der Waals surface area (Å²) in [5.41, 5.74) is -1.58. The van der Waals surface area contributed by atoms with E-state index in [1.54, 1.807) is 0 Å². The van der Waals surface area contributed by atoms with Gasteiger partial charge in [0.2, 0.25) is 5.79 Å². The second kappa shape index (κ2) is 6.05. The number of ether oxygens (including phenoxy) is 2. The number of fused-ring (bicyclic) bond motifs is 1. The molecule has 5 aliphatic carbocycles. The van der Waals surface area contributed by atoms with Gasteiger partial charge in [-0.15, -0.1) is 0 Å². The van der Waals surface area contributed by atoms with Crippen LogP contribution in [0, 0.1) is 45.8 Å². The highest BCUT2D eigenvalue weighted by molar-refractivity contribution is 6.01. The Bertz CT molecular complexity index is 976. The third kappa shape index (κ3) is 2.09. The Kier molecular flexibility index (Phi) is 4.05. The highest BCUT2D eigenvalue weighted by Crippen LogP contribution is 2.84. The molecule has 5 saturated carbocycles. The highest BCUT2D eigenvalue weighted by atomic mass is 16.8. The van der Waals surface area contributed by atoms with Crippen molar-refractivity contribution in [1.82, 2.24) is 0 Å². The van der Waals surface area contributed by atoms with Crippen molar-refractivity contribution < 1.29 is 29.6 Å². The van der Waals surface area contributed by atoms with Gasteiger partial charge in [-0.3, -0.25) is 4.79 Å². The van der Waals surface area contributed by atoms with Crippen LogP contribution in [-0.4, -0.2) is 57.5 Å². The summed E-state index contributed by atoms with van der Waals surface area (Å²) in [6.45, 7) is 11.4. The van der Waals surface area contributed by atoms with E-state index in [4.69, 9.17) is 15.3 Å². The molecule has 11 atom stereocenters. The van der Waals surface area contributed by atoms with Gasteiger partial charge in [0.1, 0.15) is 6.10 Å². The predicted molar refractivity (Wildman–Crippen MR) is 115 cm³/mol. The number of ketones is 1.